The molecule has 0 amide bonds. The summed E-state index contributed by atoms with van der Waals surface area (Å²) in [4.78, 5) is 14.2. The van der Waals surface area contributed by atoms with E-state index >= 15 is 0 Å². The van der Waals surface area contributed by atoms with E-state index in [9.17, 15) is 0 Å². The van der Waals surface area contributed by atoms with Gasteiger partial charge in [0.2, 0.25) is 0 Å². The van der Waals surface area contributed by atoms with Gasteiger partial charge in [-0.2, -0.15) is 0 Å². The van der Waals surface area contributed by atoms with E-state index in [1.165, 1.54) is 0 Å². The maximum atomic E-state index is 5.47. The fraction of sp³-hybridized carbons (Fsp3) is 0.375. The van der Waals surface area contributed by atoms with Crippen molar-refractivity contribution in [2.45, 2.75) is 47.0 Å². The van der Waals surface area contributed by atoms with E-state index in [0.29, 0.717) is 12.2 Å². The number of hydrogen-bond donors (Lipinski definition) is 0. The molecule has 4 nitrogen and oxygen atoms in total. The highest BCUT2D eigenvalue weighted by Gasteiger charge is 2.19. The van der Waals surface area contributed by atoms with Gasteiger partial charge in [0.1, 0.15) is 11.4 Å². The number of aryl methyl sites for hydroxylation is 1. The van der Waals surface area contributed by atoms with Crippen molar-refractivity contribution in [1.29, 1.82) is 0 Å². The molecule has 2 aromatic heterocycles. The first kappa shape index (κ1) is 20.0. The van der Waals surface area contributed by atoms with Crippen LogP contribution in [-0.4, -0.2) is 22.1 Å². The maximum Gasteiger partial charge on any atom is 0.178 e. The minimum absolute atomic E-state index is 0.218. The largest absolute Gasteiger partial charge is 0.496 e. The van der Waals surface area contributed by atoms with Crippen LogP contribution in [0.3, 0.4) is 0 Å². The molecule has 0 saturated heterocycles. The third-order valence-corrected chi connectivity index (χ3v) is 5.28. The maximum absolute atomic E-state index is 5.47. The van der Waals surface area contributed by atoms with Crippen LogP contribution in [0.5, 0.6) is 5.75 Å². The molecule has 0 saturated carbocycles. The second-order valence-electron chi connectivity index (χ2n) is 8.02. The van der Waals surface area contributed by atoms with Crippen LogP contribution in [-0.2, 0) is 12.8 Å². The summed E-state index contributed by atoms with van der Waals surface area (Å²) in [5.74, 6) is 1.57. The Morgan fingerprint density at radius 2 is 1.79 bits per heavy atom. The average Bonchev–Trinajstić information content (AvgIpc) is 2.70. The molecule has 0 N–H and O–H groups in total. The fourth-order valence-electron chi connectivity index (χ4n) is 3.10. The molecule has 2 heterocycles. The molecule has 0 aliphatic heterocycles. The van der Waals surface area contributed by atoms with Gasteiger partial charge in [-0.1, -0.05) is 51.5 Å². The first-order valence-corrected chi connectivity index (χ1v) is 9.82. The van der Waals surface area contributed by atoms with Gasteiger partial charge in [0.05, 0.1) is 7.11 Å². The van der Waals surface area contributed by atoms with Crippen molar-refractivity contribution in [3.8, 4) is 17.3 Å². The molecule has 146 valence electrons. The van der Waals surface area contributed by atoms with E-state index in [0.717, 1.165) is 46.8 Å². The quantitative estimate of drug-likeness (QED) is 0.553. The first-order chi connectivity index (χ1) is 13.4. The van der Waals surface area contributed by atoms with Crippen molar-refractivity contribution in [1.82, 2.24) is 15.0 Å². The van der Waals surface area contributed by atoms with Crippen LogP contribution in [0.4, 0.5) is 0 Å². The normalized spacial score (nSPS) is 11.5. The Labute approximate surface area is 168 Å². The lowest BCUT2D eigenvalue weighted by Gasteiger charge is -2.23. The van der Waals surface area contributed by atoms with Gasteiger partial charge in [0, 0.05) is 29.6 Å². The third kappa shape index (κ3) is 4.75. The molecule has 28 heavy (non-hydrogen) atoms. The van der Waals surface area contributed by atoms with E-state index in [1.54, 1.807) is 7.11 Å². The lowest BCUT2D eigenvalue weighted by molar-refractivity contribution is 0.344. The number of rotatable bonds is 7. The van der Waals surface area contributed by atoms with Crippen LogP contribution in [0, 0.1) is 12.3 Å². The van der Waals surface area contributed by atoms with Crippen molar-refractivity contribution in [2.24, 2.45) is 5.41 Å². The van der Waals surface area contributed by atoms with Gasteiger partial charge in [-0.3, -0.25) is 0 Å². The van der Waals surface area contributed by atoms with Gasteiger partial charge >= 0.3 is 0 Å². The van der Waals surface area contributed by atoms with Crippen LogP contribution in [0.2, 0.25) is 0 Å². The number of ether oxygens (including phenoxy) is 1. The summed E-state index contributed by atoms with van der Waals surface area (Å²) in [7, 11) is 1.70. The van der Waals surface area contributed by atoms with Gasteiger partial charge in [-0.15, -0.1) is 0 Å². The molecule has 0 radical (unpaired) electrons. The number of aromatic nitrogens is 3. The minimum Gasteiger partial charge on any atom is -0.496 e. The van der Waals surface area contributed by atoms with Crippen LogP contribution < -0.4 is 4.74 Å². The summed E-state index contributed by atoms with van der Waals surface area (Å²) in [6, 6.07) is 14.1. The Bertz CT molecular complexity index is 950. The SMILES string of the molecule is CCC(C)(C)Cc1nc(-c2cccc(Cc3ccccc3OC)n2)ncc1C. The van der Waals surface area contributed by atoms with Crippen molar-refractivity contribution in [3.05, 3.63) is 71.2 Å². The molecule has 0 bridgehead atoms. The highest BCUT2D eigenvalue weighted by Crippen LogP contribution is 2.27. The molecule has 0 fully saturated rings. The zero-order chi connectivity index (χ0) is 20.1. The lowest BCUT2D eigenvalue weighted by Crippen LogP contribution is -2.16. The molecular weight excluding hydrogens is 346 g/mol. The Hall–Kier alpha value is -2.75. The summed E-state index contributed by atoms with van der Waals surface area (Å²) < 4.78 is 5.47. The molecule has 3 rings (SSSR count). The van der Waals surface area contributed by atoms with Gasteiger partial charge in [0.15, 0.2) is 5.82 Å². The van der Waals surface area contributed by atoms with Crippen LogP contribution in [0.1, 0.15) is 49.7 Å². The smallest absolute Gasteiger partial charge is 0.178 e. The van der Waals surface area contributed by atoms with E-state index in [1.807, 2.05) is 42.6 Å². The molecule has 0 spiro atoms. The molecule has 1 aromatic carbocycles. The molecule has 0 unspecified atom stereocenters. The topological polar surface area (TPSA) is 47.9 Å². The predicted molar refractivity (Wildman–Crippen MR) is 114 cm³/mol. The summed E-state index contributed by atoms with van der Waals surface area (Å²) in [5.41, 5.74) is 5.36. The first-order valence-electron chi connectivity index (χ1n) is 9.82. The van der Waals surface area contributed by atoms with Gasteiger partial charge in [-0.05, 0) is 42.5 Å². The zero-order valence-corrected chi connectivity index (χ0v) is 17.5. The van der Waals surface area contributed by atoms with Crippen LogP contribution >= 0.6 is 0 Å². The monoisotopic (exact) mass is 375 g/mol. The minimum atomic E-state index is 0.218. The molecule has 0 aliphatic carbocycles. The molecule has 0 aliphatic rings. The third-order valence-electron chi connectivity index (χ3n) is 5.28. The number of nitrogens with zero attached hydrogens (tertiary/aromatic N) is 3. The number of hydrogen-bond acceptors (Lipinski definition) is 4. The summed E-state index contributed by atoms with van der Waals surface area (Å²) >= 11 is 0. The Morgan fingerprint density at radius 1 is 1.00 bits per heavy atom. The predicted octanol–water partition coefficient (Wildman–Crippen LogP) is 5.43. The Balaban J connectivity index is 1.90. The van der Waals surface area contributed by atoms with Gasteiger partial charge < -0.3 is 4.74 Å². The fourth-order valence-corrected chi connectivity index (χ4v) is 3.10. The van der Waals surface area contributed by atoms with Gasteiger partial charge in [-0.25, -0.2) is 15.0 Å². The number of para-hydroxylation sites is 1. The van der Waals surface area contributed by atoms with E-state index < -0.39 is 0 Å². The number of benzene rings is 1. The van der Waals surface area contributed by atoms with Crippen molar-refractivity contribution in [3.63, 3.8) is 0 Å². The van der Waals surface area contributed by atoms with Crippen molar-refractivity contribution < 1.29 is 4.74 Å². The highest BCUT2D eigenvalue weighted by atomic mass is 16.5. The van der Waals surface area contributed by atoms with Gasteiger partial charge in [0.25, 0.3) is 0 Å². The molecule has 3 aromatic rings. The van der Waals surface area contributed by atoms with Crippen LogP contribution in [0.15, 0.2) is 48.7 Å². The standard InChI is InChI=1S/C24H29N3O/c1-6-24(3,4)15-21-17(2)16-25-23(27-21)20-12-9-11-19(26-20)14-18-10-7-8-13-22(18)28-5/h7-13,16H,6,14-15H2,1-5H3. The highest BCUT2D eigenvalue weighted by molar-refractivity contribution is 5.50. The molecular formula is C24H29N3O. The average molecular weight is 376 g/mol. The summed E-state index contributed by atoms with van der Waals surface area (Å²) in [5, 5.41) is 0. The lowest BCUT2D eigenvalue weighted by atomic mass is 9.84. The van der Waals surface area contributed by atoms with Crippen molar-refractivity contribution >= 4 is 0 Å². The number of pyridine rings is 1. The Kier molecular flexibility index (Phi) is 6.08. The number of methoxy groups -OCH3 is 1. The Morgan fingerprint density at radius 3 is 2.54 bits per heavy atom. The summed E-state index contributed by atoms with van der Waals surface area (Å²) in [6.07, 6.45) is 4.67. The second kappa shape index (κ2) is 8.51. The van der Waals surface area contributed by atoms with E-state index in [4.69, 9.17) is 14.7 Å². The molecule has 4 heteroatoms. The zero-order valence-electron chi connectivity index (χ0n) is 17.5. The van der Waals surface area contributed by atoms with E-state index in [2.05, 4.69) is 38.7 Å². The van der Waals surface area contributed by atoms with Crippen LogP contribution in [0.25, 0.3) is 11.5 Å². The molecule has 0 atom stereocenters. The summed E-state index contributed by atoms with van der Waals surface area (Å²) in [6.45, 7) is 8.86. The second-order valence-corrected chi connectivity index (χ2v) is 8.02. The van der Waals surface area contributed by atoms with Crippen molar-refractivity contribution in [2.75, 3.05) is 7.11 Å². The van der Waals surface area contributed by atoms with E-state index in [-0.39, 0.29) is 5.41 Å².